The molecule has 1 N–H and O–H groups in total. The second kappa shape index (κ2) is 12.1. The third-order valence-corrected chi connectivity index (χ3v) is 8.98. The van der Waals surface area contributed by atoms with Crippen molar-refractivity contribution >= 4 is 33.4 Å². The molecule has 2 saturated heterocycles. The number of ether oxygens (including phenoxy) is 4. The SMILES string of the molecule is COc1cc(Cc2c(-c3ccc(OCCCC4(O)OC(=O)C(=O)O4)cc3)sc3ccccc23)ccc1CN1CCCC1. The summed E-state index contributed by atoms with van der Waals surface area (Å²) in [5.41, 5.74) is 4.83. The molecule has 218 valence electrons. The first-order valence-corrected chi connectivity index (χ1v) is 15.0. The summed E-state index contributed by atoms with van der Waals surface area (Å²) in [6.45, 7) is 3.47. The molecule has 4 aromatic rings. The largest absolute Gasteiger partial charge is 0.496 e. The van der Waals surface area contributed by atoms with Crippen LogP contribution in [0.25, 0.3) is 20.5 Å². The van der Waals surface area contributed by atoms with Crippen LogP contribution in [-0.4, -0.2) is 54.7 Å². The van der Waals surface area contributed by atoms with Crippen LogP contribution in [0, 0.1) is 0 Å². The number of nitrogens with zero attached hydrogens (tertiary/aromatic N) is 1. The number of carbonyl (C=O) groups excluding carboxylic acids is 2. The Morgan fingerprint density at radius 1 is 0.976 bits per heavy atom. The fourth-order valence-electron chi connectivity index (χ4n) is 5.61. The molecule has 0 unspecified atom stereocenters. The van der Waals surface area contributed by atoms with Crippen molar-refractivity contribution in [1.29, 1.82) is 0 Å². The molecule has 2 fully saturated rings. The van der Waals surface area contributed by atoms with Gasteiger partial charge in [-0.2, -0.15) is 0 Å². The number of rotatable bonds is 11. The number of aliphatic hydroxyl groups is 1. The van der Waals surface area contributed by atoms with Crippen molar-refractivity contribution in [2.45, 2.75) is 44.6 Å². The van der Waals surface area contributed by atoms with Gasteiger partial charge in [0.05, 0.1) is 20.1 Å². The smallest absolute Gasteiger partial charge is 0.422 e. The zero-order chi connectivity index (χ0) is 29.1. The van der Waals surface area contributed by atoms with Crippen LogP contribution < -0.4 is 9.47 Å². The summed E-state index contributed by atoms with van der Waals surface area (Å²) in [5, 5.41) is 11.3. The van der Waals surface area contributed by atoms with Crippen molar-refractivity contribution in [3.05, 3.63) is 83.4 Å². The van der Waals surface area contributed by atoms with Crippen molar-refractivity contribution in [2.24, 2.45) is 0 Å². The predicted octanol–water partition coefficient (Wildman–Crippen LogP) is 5.67. The molecular formula is C33H33NO7S. The maximum atomic E-state index is 11.2. The molecule has 2 aliphatic heterocycles. The number of esters is 2. The van der Waals surface area contributed by atoms with E-state index in [1.807, 2.05) is 12.1 Å². The number of methoxy groups -OCH3 is 1. The van der Waals surface area contributed by atoms with Gasteiger partial charge in [0, 0.05) is 21.7 Å². The van der Waals surface area contributed by atoms with Gasteiger partial charge in [0.25, 0.3) is 0 Å². The Balaban J connectivity index is 1.16. The average Bonchev–Trinajstić information content (AvgIpc) is 3.70. The van der Waals surface area contributed by atoms with Crippen LogP contribution in [0.1, 0.15) is 42.4 Å². The quantitative estimate of drug-likeness (QED) is 0.136. The standard InChI is InChI=1S/C33H33NO7S/c1-38-28-20-22(9-10-24(28)21-34-16-4-5-17-34)19-27-26-7-2-3-8-29(26)42-30(27)23-11-13-25(14-12-23)39-18-6-15-33(37)40-31(35)32(36)41-33/h2-3,7-14,20,37H,4-6,15-19,21H2,1H3. The molecule has 8 nitrogen and oxygen atoms in total. The van der Waals surface area contributed by atoms with Crippen molar-refractivity contribution in [3.63, 3.8) is 0 Å². The van der Waals surface area contributed by atoms with Gasteiger partial charge in [0.15, 0.2) is 0 Å². The van der Waals surface area contributed by atoms with Crippen molar-refractivity contribution in [2.75, 3.05) is 26.8 Å². The zero-order valence-electron chi connectivity index (χ0n) is 23.5. The molecular weight excluding hydrogens is 554 g/mol. The first-order chi connectivity index (χ1) is 20.4. The van der Waals surface area contributed by atoms with Gasteiger partial charge < -0.3 is 24.1 Å². The molecule has 9 heteroatoms. The van der Waals surface area contributed by atoms with Gasteiger partial charge >= 0.3 is 17.9 Å². The van der Waals surface area contributed by atoms with Gasteiger partial charge in [-0.1, -0.05) is 30.3 Å². The lowest BCUT2D eigenvalue weighted by atomic mass is 9.97. The predicted molar refractivity (Wildman–Crippen MR) is 159 cm³/mol. The van der Waals surface area contributed by atoms with E-state index in [1.165, 1.54) is 44.5 Å². The van der Waals surface area contributed by atoms with E-state index >= 15 is 0 Å². The lowest BCUT2D eigenvalue weighted by Gasteiger charge is -2.18. The van der Waals surface area contributed by atoms with Crippen LogP contribution in [-0.2, 0) is 32.0 Å². The van der Waals surface area contributed by atoms with Gasteiger partial charge in [0.2, 0.25) is 0 Å². The molecule has 0 amide bonds. The number of benzene rings is 3. The minimum absolute atomic E-state index is 0.0717. The third-order valence-electron chi connectivity index (χ3n) is 7.72. The Morgan fingerprint density at radius 2 is 1.71 bits per heavy atom. The summed E-state index contributed by atoms with van der Waals surface area (Å²) < 4.78 is 22.0. The average molecular weight is 588 g/mol. The van der Waals surface area contributed by atoms with Gasteiger partial charge in [-0.05, 0) is 97.2 Å². The van der Waals surface area contributed by atoms with Gasteiger partial charge in [-0.15, -0.1) is 11.3 Å². The van der Waals surface area contributed by atoms with Gasteiger partial charge in [0.1, 0.15) is 11.5 Å². The van der Waals surface area contributed by atoms with Gasteiger partial charge in [-0.25, -0.2) is 9.59 Å². The zero-order valence-corrected chi connectivity index (χ0v) is 24.3. The molecule has 0 atom stereocenters. The van der Waals surface area contributed by atoms with Crippen LogP contribution in [0.2, 0.25) is 0 Å². The monoisotopic (exact) mass is 587 g/mol. The maximum absolute atomic E-state index is 11.2. The van der Waals surface area contributed by atoms with E-state index in [0.29, 0.717) is 12.2 Å². The lowest BCUT2D eigenvalue weighted by molar-refractivity contribution is -0.295. The molecule has 3 aromatic carbocycles. The van der Waals surface area contributed by atoms with E-state index in [1.54, 1.807) is 18.4 Å². The minimum atomic E-state index is -2.21. The molecule has 0 aliphatic carbocycles. The Morgan fingerprint density at radius 3 is 2.45 bits per heavy atom. The Kier molecular flexibility index (Phi) is 8.15. The summed E-state index contributed by atoms with van der Waals surface area (Å²) in [6.07, 6.45) is 3.57. The summed E-state index contributed by atoms with van der Waals surface area (Å²) in [4.78, 5) is 26.1. The molecule has 0 spiro atoms. The summed E-state index contributed by atoms with van der Waals surface area (Å²) in [7, 11) is 1.75. The van der Waals surface area contributed by atoms with E-state index in [4.69, 9.17) is 9.47 Å². The van der Waals surface area contributed by atoms with Crippen molar-refractivity contribution < 1.29 is 33.6 Å². The number of carbonyl (C=O) groups is 2. The summed E-state index contributed by atoms with van der Waals surface area (Å²) >= 11 is 1.78. The van der Waals surface area contributed by atoms with Crippen LogP contribution in [0.3, 0.4) is 0 Å². The van der Waals surface area contributed by atoms with Crippen LogP contribution in [0.4, 0.5) is 0 Å². The van der Waals surface area contributed by atoms with Crippen LogP contribution in [0.5, 0.6) is 11.5 Å². The summed E-state index contributed by atoms with van der Waals surface area (Å²) in [6, 6.07) is 23.1. The molecule has 3 heterocycles. The van der Waals surface area contributed by atoms with E-state index < -0.39 is 17.9 Å². The number of likely N-dealkylation sites (tertiary alicyclic amines) is 1. The molecule has 0 bridgehead atoms. The first-order valence-electron chi connectivity index (χ1n) is 14.2. The topological polar surface area (TPSA) is 94.5 Å². The Bertz CT molecular complexity index is 1570. The van der Waals surface area contributed by atoms with Crippen LogP contribution >= 0.6 is 11.3 Å². The molecule has 2 aliphatic rings. The van der Waals surface area contributed by atoms with E-state index in [0.717, 1.165) is 37.4 Å². The van der Waals surface area contributed by atoms with Crippen LogP contribution in [0.15, 0.2) is 66.7 Å². The minimum Gasteiger partial charge on any atom is -0.496 e. The normalized spacial score (nSPS) is 16.5. The fourth-order valence-corrected chi connectivity index (χ4v) is 6.83. The highest BCUT2D eigenvalue weighted by Gasteiger charge is 2.46. The number of thiophene rings is 1. The first kappa shape index (κ1) is 28.2. The third kappa shape index (κ3) is 6.13. The number of fused-ring (bicyclic) bond motifs is 1. The molecule has 6 rings (SSSR count). The molecule has 42 heavy (non-hydrogen) atoms. The molecule has 1 aromatic heterocycles. The Hall–Kier alpha value is -3.92. The van der Waals surface area contributed by atoms with E-state index in [-0.39, 0.29) is 13.0 Å². The second-order valence-electron chi connectivity index (χ2n) is 10.7. The fraction of sp³-hybridized carbons (Fsp3) is 0.333. The van der Waals surface area contributed by atoms with Gasteiger partial charge in [-0.3, -0.25) is 4.90 Å². The lowest BCUT2D eigenvalue weighted by Crippen LogP contribution is -2.30. The maximum Gasteiger partial charge on any atom is 0.422 e. The molecule has 0 saturated carbocycles. The number of hydrogen-bond donors (Lipinski definition) is 1. The van der Waals surface area contributed by atoms with Crippen molar-refractivity contribution in [1.82, 2.24) is 4.90 Å². The number of cyclic esters (lactones) is 2. The van der Waals surface area contributed by atoms with E-state index in [9.17, 15) is 14.7 Å². The highest BCUT2D eigenvalue weighted by Crippen LogP contribution is 2.41. The summed E-state index contributed by atoms with van der Waals surface area (Å²) in [5.74, 6) is -2.98. The number of hydrogen-bond acceptors (Lipinski definition) is 9. The highest BCUT2D eigenvalue weighted by molar-refractivity contribution is 7.22. The van der Waals surface area contributed by atoms with E-state index in [2.05, 4.69) is 69.0 Å². The van der Waals surface area contributed by atoms with Crippen molar-refractivity contribution in [3.8, 4) is 21.9 Å². The second-order valence-corrected chi connectivity index (χ2v) is 11.7. The Labute approximate surface area is 248 Å². The molecule has 0 radical (unpaired) electrons. The highest BCUT2D eigenvalue weighted by atomic mass is 32.1.